The van der Waals surface area contributed by atoms with Crippen LogP contribution in [0.1, 0.15) is 30.6 Å². The summed E-state index contributed by atoms with van der Waals surface area (Å²) in [5.74, 6) is 0.846. The highest BCUT2D eigenvalue weighted by molar-refractivity contribution is 7.18. The van der Waals surface area contributed by atoms with E-state index in [1.54, 1.807) is 17.0 Å². The Morgan fingerprint density at radius 1 is 1.21 bits per heavy atom. The number of aliphatic hydroxyl groups excluding tert-OH is 1. The molecule has 0 amide bonds. The molecule has 3 aromatic rings. The summed E-state index contributed by atoms with van der Waals surface area (Å²) in [5.41, 5.74) is 1.27. The smallest absolute Gasteiger partial charge is 0.275 e. The van der Waals surface area contributed by atoms with Gasteiger partial charge in [-0.15, -0.1) is 11.3 Å². The van der Waals surface area contributed by atoms with Gasteiger partial charge in [-0.25, -0.2) is 4.98 Å². The van der Waals surface area contributed by atoms with Gasteiger partial charge in [0.05, 0.1) is 17.8 Å². The van der Waals surface area contributed by atoms with Gasteiger partial charge in [-0.3, -0.25) is 9.36 Å². The van der Waals surface area contributed by atoms with Gasteiger partial charge in [0, 0.05) is 17.0 Å². The lowest BCUT2D eigenvalue weighted by Gasteiger charge is -2.36. The Kier molecular flexibility index (Phi) is 4.45. The Morgan fingerprint density at radius 2 is 1.93 bits per heavy atom. The molecule has 1 aromatic carbocycles. The lowest BCUT2D eigenvalue weighted by atomic mass is 10.0. The van der Waals surface area contributed by atoms with Crippen LogP contribution in [0.15, 0.2) is 41.5 Å². The van der Waals surface area contributed by atoms with Gasteiger partial charge in [-0.2, -0.15) is 0 Å². The van der Waals surface area contributed by atoms with Crippen molar-refractivity contribution in [1.29, 1.82) is 0 Å². The maximum Gasteiger partial charge on any atom is 0.275 e. The highest BCUT2D eigenvalue weighted by Crippen LogP contribution is 2.36. The number of ether oxygens (including phenoxy) is 1. The van der Waals surface area contributed by atoms with Crippen LogP contribution in [0, 0.1) is 0 Å². The number of piperidine rings is 1. The Hall–Kier alpha value is -2.22. The van der Waals surface area contributed by atoms with Gasteiger partial charge in [0.1, 0.15) is 22.9 Å². The average Bonchev–Trinajstić information content (AvgIpc) is 3.21. The Morgan fingerprint density at radius 3 is 2.61 bits per heavy atom. The van der Waals surface area contributed by atoms with E-state index >= 15 is 0 Å². The topological polar surface area (TPSA) is 67.6 Å². The third-order valence-electron chi connectivity index (χ3n) is 6.12. The zero-order chi connectivity index (χ0) is 19.3. The number of rotatable bonds is 4. The molecule has 1 N–H and O–H groups in total. The third kappa shape index (κ3) is 3.03. The first-order valence-electron chi connectivity index (χ1n) is 9.72. The second kappa shape index (κ2) is 6.99. The fourth-order valence-corrected chi connectivity index (χ4v) is 5.46. The quantitative estimate of drug-likeness (QED) is 0.733. The van der Waals surface area contributed by atoms with Crippen LogP contribution in [0.4, 0.5) is 0 Å². The molecule has 0 radical (unpaired) electrons. The SMILES string of the molecule is CN1[C@@H]2CC[C@H]1C[C@@H](Oc1ccc(-n3cnc4cc(CO)sc4c3=O)cc1)C2. The lowest BCUT2D eigenvalue weighted by Crippen LogP contribution is -2.43. The van der Waals surface area contributed by atoms with Gasteiger partial charge in [0.25, 0.3) is 5.56 Å². The van der Waals surface area contributed by atoms with Crippen molar-refractivity contribution in [1.82, 2.24) is 14.5 Å². The van der Waals surface area contributed by atoms with Crippen LogP contribution in [0.25, 0.3) is 15.9 Å². The van der Waals surface area contributed by atoms with Crippen LogP contribution in [-0.4, -0.2) is 44.8 Å². The van der Waals surface area contributed by atoms with Crippen molar-refractivity contribution in [2.75, 3.05) is 7.05 Å². The number of hydrogen-bond acceptors (Lipinski definition) is 6. The molecule has 2 bridgehead atoms. The molecule has 2 saturated heterocycles. The normalized spacial score (nSPS) is 24.7. The minimum absolute atomic E-state index is 0.0782. The zero-order valence-corrected chi connectivity index (χ0v) is 16.6. The van der Waals surface area contributed by atoms with Crippen LogP contribution in [0.3, 0.4) is 0 Å². The van der Waals surface area contributed by atoms with E-state index in [0.717, 1.165) is 29.2 Å². The maximum atomic E-state index is 12.8. The number of thiophene rings is 1. The third-order valence-corrected chi connectivity index (χ3v) is 7.21. The summed E-state index contributed by atoms with van der Waals surface area (Å²) < 4.78 is 8.34. The number of aliphatic hydroxyl groups is 1. The van der Waals surface area contributed by atoms with E-state index in [4.69, 9.17) is 4.74 Å². The molecule has 4 heterocycles. The number of nitrogens with zero attached hydrogens (tertiary/aromatic N) is 3. The summed E-state index contributed by atoms with van der Waals surface area (Å²) in [7, 11) is 2.23. The molecule has 0 saturated carbocycles. The van der Waals surface area contributed by atoms with Gasteiger partial charge in [0.15, 0.2) is 0 Å². The standard InChI is InChI=1S/C21H23N3O3S/c1-23-14-2-3-15(23)9-17(8-14)27-16-6-4-13(5-7-16)24-12-22-19-10-18(11-25)28-20(19)21(24)26/h4-7,10,12,14-15,17,25H,2-3,8-9,11H2,1H3/t14-,15+,17+. The number of hydrogen-bond donors (Lipinski definition) is 1. The lowest BCUT2D eigenvalue weighted by molar-refractivity contribution is 0.0662. The molecule has 5 rings (SSSR count). The summed E-state index contributed by atoms with van der Waals surface area (Å²) in [5, 5.41) is 9.29. The first-order chi connectivity index (χ1) is 13.6. The molecule has 28 heavy (non-hydrogen) atoms. The van der Waals surface area contributed by atoms with Crippen molar-refractivity contribution >= 4 is 21.6 Å². The minimum Gasteiger partial charge on any atom is -0.490 e. The fraction of sp³-hybridized carbons (Fsp3) is 0.429. The summed E-state index contributed by atoms with van der Waals surface area (Å²) >= 11 is 1.29. The van der Waals surface area contributed by atoms with Crippen LogP contribution < -0.4 is 10.3 Å². The number of fused-ring (bicyclic) bond motifs is 3. The molecular weight excluding hydrogens is 374 g/mol. The molecule has 2 fully saturated rings. The molecule has 6 nitrogen and oxygen atoms in total. The molecule has 2 aromatic heterocycles. The van der Waals surface area contributed by atoms with E-state index in [0.29, 0.717) is 22.3 Å². The molecule has 2 aliphatic heterocycles. The van der Waals surface area contributed by atoms with Gasteiger partial charge < -0.3 is 14.7 Å². The monoisotopic (exact) mass is 397 g/mol. The van der Waals surface area contributed by atoms with Gasteiger partial charge in [-0.05, 0) is 63.1 Å². The first kappa shape index (κ1) is 17.8. The van der Waals surface area contributed by atoms with Crippen molar-refractivity contribution < 1.29 is 9.84 Å². The van der Waals surface area contributed by atoms with Gasteiger partial charge in [-0.1, -0.05) is 0 Å². The van der Waals surface area contributed by atoms with E-state index in [1.165, 1.54) is 24.2 Å². The maximum absolute atomic E-state index is 12.8. The first-order valence-corrected chi connectivity index (χ1v) is 10.5. The second-order valence-electron chi connectivity index (χ2n) is 7.76. The van der Waals surface area contributed by atoms with Crippen molar-refractivity contribution in [3.63, 3.8) is 0 Å². The largest absolute Gasteiger partial charge is 0.490 e. The van der Waals surface area contributed by atoms with Crippen molar-refractivity contribution in [2.45, 2.75) is 50.5 Å². The molecular formula is C21H23N3O3S. The van der Waals surface area contributed by atoms with Crippen LogP contribution in [0.5, 0.6) is 5.75 Å². The van der Waals surface area contributed by atoms with E-state index in [2.05, 4.69) is 16.9 Å². The van der Waals surface area contributed by atoms with Crippen LogP contribution in [0.2, 0.25) is 0 Å². The van der Waals surface area contributed by atoms with E-state index in [9.17, 15) is 9.90 Å². The Bertz CT molecular complexity index is 1040. The highest BCUT2D eigenvalue weighted by Gasteiger charge is 2.39. The summed E-state index contributed by atoms with van der Waals surface area (Å²) in [4.78, 5) is 20.4. The van der Waals surface area contributed by atoms with Gasteiger partial charge >= 0.3 is 0 Å². The zero-order valence-electron chi connectivity index (χ0n) is 15.7. The van der Waals surface area contributed by atoms with Crippen molar-refractivity contribution in [2.24, 2.45) is 0 Å². The van der Waals surface area contributed by atoms with Crippen LogP contribution in [-0.2, 0) is 6.61 Å². The van der Waals surface area contributed by atoms with Gasteiger partial charge in [0.2, 0.25) is 0 Å². The fourth-order valence-electron chi connectivity index (χ4n) is 4.56. The van der Waals surface area contributed by atoms with Crippen molar-refractivity contribution in [3.05, 3.63) is 51.9 Å². The van der Waals surface area contributed by atoms with Crippen LogP contribution >= 0.6 is 11.3 Å². The summed E-state index contributed by atoms with van der Waals surface area (Å²) in [6.45, 7) is -0.0782. The molecule has 146 valence electrons. The summed E-state index contributed by atoms with van der Waals surface area (Å²) in [6.07, 6.45) is 6.53. The van der Waals surface area contributed by atoms with Crippen molar-refractivity contribution in [3.8, 4) is 11.4 Å². The molecule has 2 aliphatic rings. The highest BCUT2D eigenvalue weighted by atomic mass is 32.1. The average molecular weight is 398 g/mol. The minimum atomic E-state index is -0.115. The molecule has 7 heteroatoms. The second-order valence-corrected chi connectivity index (χ2v) is 8.90. The molecule has 3 atom stereocenters. The summed E-state index contributed by atoms with van der Waals surface area (Å²) in [6, 6.07) is 10.7. The Labute approximate surface area is 167 Å². The number of aromatic nitrogens is 2. The molecule has 0 spiro atoms. The Balaban J connectivity index is 1.36. The molecule has 0 unspecified atom stereocenters. The number of benzene rings is 1. The molecule has 0 aliphatic carbocycles. The predicted octanol–water partition coefficient (Wildman–Crippen LogP) is 2.94. The predicted molar refractivity (Wildman–Crippen MR) is 109 cm³/mol. The van der Waals surface area contributed by atoms with E-state index < -0.39 is 0 Å². The van der Waals surface area contributed by atoms with E-state index in [1.807, 2.05) is 24.3 Å². The van der Waals surface area contributed by atoms with E-state index in [-0.39, 0.29) is 18.3 Å².